The van der Waals surface area contributed by atoms with Gasteiger partial charge in [0.05, 0.1) is 17.3 Å². The average Bonchev–Trinajstić information content (AvgIpc) is 3.29. The van der Waals surface area contributed by atoms with Gasteiger partial charge in [-0.05, 0) is 48.5 Å². The number of fused-ring (bicyclic) bond motifs is 1. The number of rotatable bonds is 5. The zero-order valence-corrected chi connectivity index (χ0v) is 16.7. The Morgan fingerprint density at radius 1 is 0.900 bits per heavy atom. The molecule has 4 aromatic rings. The van der Waals surface area contributed by atoms with Gasteiger partial charge in [-0.25, -0.2) is 4.98 Å². The maximum absolute atomic E-state index is 13.1. The van der Waals surface area contributed by atoms with E-state index < -0.39 is 0 Å². The highest BCUT2D eigenvalue weighted by Crippen LogP contribution is 2.26. The van der Waals surface area contributed by atoms with Crippen LogP contribution < -0.4 is 10.6 Å². The standard InChI is InChI=1S/C24H21N3O3/c1-15(2)23(28)25-16-9-11-17(12-10-16)26-24(29)19-14-21(22-8-5-13-30-22)27-20-7-4-3-6-18(19)20/h3-15H,1-2H3,(H,25,28)(H,26,29). The molecule has 30 heavy (non-hydrogen) atoms. The van der Waals surface area contributed by atoms with Crippen LogP contribution >= 0.6 is 0 Å². The fourth-order valence-electron chi connectivity index (χ4n) is 3.04. The van der Waals surface area contributed by atoms with E-state index in [1.807, 2.05) is 44.2 Å². The number of amides is 2. The van der Waals surface area contributed by atoms with E-state index in [-0.39, 0.29) is 17.7 Å². The zero-order valence-electron chi connectivity index (χ0n) is 16.7. The quantitative estimate of drug-likeness (QED) is 0.474. The Kier molecular flexibility index (Phi) is 5.30. The molecule has 2 amide bonds. The van der Waals surface area contributed by atoms with Gasteiger partial charge in [-0.2, -0.15) is 0 Å². The monoisotopic (exact) mass is 399 g/mol. The summed E-state index contributed by atoms with van der Waals surface area (Å²) in [6.45, 7) is 3.67. The van der Waals surface area contributed by atoms with Crippen LogP contribution in [0.25, 0.3) is 22.4 Å². The molecule has 0 saturated heterocycles. The van der Waals surface area contributed by atoms with Crippen molar-refractivity contribution >= 4 is 34.1 Å². The lowest BCUT2D eigenvalue weighted by atomic mass is 10.1. The summed E-state index contributed by atoms with van der Waals surface area (Å²) < 4.78 is 5.45. The van der Waals surface area contributed by atoms with Crippen LogP contribution in [-0.2, 0) is 4.79 Å². The van der Waals surface area contributed by atoms with Crippen molar-refractivity contribution in [1.29, 1.82) is 0 Å². The molecule has 2 heterocycles. The largest absolute Gasteiger partial charge is 0.463 e. The van der Waals surface area contributed by atoms with Gasteiger partial charge in [0.1, 0.15) is 5.69 Å². The molecule has 0 saturated carbocycles. The second kappa shape index (κ2) is 8.21. The smallest absolute Gasteiger partial charge is 0.256 e. The van der Waals surface area contributed by atoms with E-state index in [0.717, 1.165) is 5.39 Å². The molecule has 2 aromatic carbocycles. The number of carbonyl (C=O) groups is 2. The van der Waals surface area contributed by atoms with Gasteiger partial charge in [-0.1, -0.05) is 32.0 Å². The molecule has 0 fully saturated rings. The highest BCUT2D eigenvalue weighted by atomic mass is 16.3. The zero-order chi connectivity index (χ0) is 21.1. The number of nitrogens with one attached hydrogen (secondary N) is 2. The van der Waals surface area contributed by atoms with Crippen molar-refractivity contribution in [2.24, 2.45) is 5.92 Å². The van der Waals surface area contributed by atoms with Gasteiger partial charge in [0, 0.05) is 22.7 Å². The lowest BCUT2D eigenvalue weighted by Crippen LogP contribution is -2.17. The minimum Gasteiger partial charge on any atom is -0.463 e. The van der Waals surface area contributed by atoms with Gasteiger partial charge < -0.3 is 15.1 Å². The second-order valence-electron chi connectivity index (χ2n) is 7.22. The van der Waals surface area contributed by atoms with Crippen LogP contribution in [0.15, 0.2) is 77.4 Å². The van der Waals surface area contributed by atoms with Crippen molar-refractivity contribution in [3.63, 3.8) is 0 Å². The average molecular weight is 399 g/mol. The Bertz CT molecular complexity index is 1200. The number of hydrogen-bond donors (Lipinski definition) is 2. The molecular weight excluding hydrogens is 378 g/mol. The van der Waals surface area contributed by atoms with Crippen LogP contribution in [-0.4, -0.2) is 16.8 Å². The van der Waals surface area contributed by atoms with Crippen molar-refractivity contribution < 1.29 is 14.0 Å². The number of para-hydroxylation sites is 1. The van der Waals surface area contributed by atoms with E-state index in [9.17, 15) is 9.59 Å². The van der Waals surface area contributed by atoms with Crippen molar-refractivity contribution in [2.75, 3.05) is 10.6 Å². The molecule has 0 radical (unpaired) electrons. The first-order valence-corrected chi connectivity index (χ1v) is 9.67. The number of furan rings is 1. The number of hydrogen-bond acceptors (Lipinski definition) is 4. The SMILES string of the molecule is CC(C)C(=O)Nc1ccc(NC(=O)c2cc(-c3ccco3)nc3ccccc23)cc1. The van der Waals surface area contributed by atoms with E-state index in [4.69, 9.17) is 4.42 Å². The number of pyridine rings is 1. The van der Waals surface area contributed by atoms with Crippen molar-refractivity contribution in [3.05, 3.63) is 78.6 Å². The molecule has 6 nitrogen and oxygen atoms in total. The Morgan fingerprint density at radius 3 is 2.27 bits per heavy atom. The highest BCUT2D eigenvalue weighted by Gasteiger charge is 2.15. The number of benzene rings is 2. The van der Waals surface area contributed by atoms with Crippen LogP contribution in [0.5, 0.6) is 0 Å². The number of anilines is 2. The summed E-state index contributed by atoms with van der Waals surface area (Å²) in [6, 6.07) is 19.8. The Labute approximate surface area is 173 Å². The minimum absolute atomic E-state index is 0.0551. The van der Waals surface area contributed by atoms with Gasteiger partial charge in [0.2, 0.25) is 5.91 Å². The highest BCUT2D eigenvalue weighted by molar-refractivity contribution is 6.13. The summed E-state index contributed by atoms with van der Waals surface area (Å²) in [4.78, 5) is 29.5. The maximum Gasteiger partial charge on any atom is 0.256 e. The first kappa shape index (κ1) is 19.4. The van der Waals surface area contributed by atoms with E-state index in [2.05, 4.69) is 15.6 Å². The van der Waals surface area contributed by atoms with Crippen LogP contribution in [0.1, 0.15) is 24.2 Å². The Balaban J connectivity index is 1.61. The molecule has 0 bridgehead atoms. The second-order valence-corrected chi connectivity index (χ2v) is 7.22. The van der Waals surface area contributed by atoms with Crippen LogP contribution in [0.2, 0.25) is 0 Å². The third-order valence-electron chi connectivity index (χ3n) is 4.67. The van der Waals surface area contributed by atoms with Gasteiger partial charge in [-0.15, -0.1) is 0 Å². The lowest BCUT2D eigenvalue weighted by molar-refractivity contribution is -0.118. The maximum atomic E-state index is 13.1. The molecule has 0 spiro atoms. The molecule has 0 aliphatic heterocycles. The van der Waals surface area contributed by atoms with E-state index in [1.165, 1.54) is 0 Å². The van der Waals surface area contributed by atoms with Crippen molar-refractivity contribution in [1.82, 2.24) is 4.98 Å². The van der Waals surface area contributed by atoms with Crippen LogP contribution in [0.4, 0.5) is 11.4 Å². The molecule has 0 atom stereocenters. The molecule has 150 valence electrons. The van der Waals surface area contributed by atoms with Gasteiger partial charge >= 0.3 is 0 Å². The summed E-state index contributed by atoms with van der Waals surface area (Å²) in [5.41, 5.74) is 3.12. The van der Waals surface area contributed by atoms with Crippen molar-refractivity contribution in [3.8, 4) is 11.5 Å². The number of carbonyl (C=O) groups excluding carboxylic acids is 2. The molecule has 4 rings (SSSR count). The van der Waals surface area contributed by atoms with E-state index in [0.29, 0.717) is 33.9 Å². The Morgan fingerprint density at radius 2 is 1.60 bits per heavy atom. The summed E-state index contributed by atoms with van der Waals surface area (Å²) >= 11 is 0. The fourth-order valence-corrected chi connectivity index (χ4v) is 3.04. The third-order valence-corrected chi connectivity index (χ3v) is 4.67. The third kappa shape index (κ3) is 4.07. The fraction of sp³-hybridized carbons (Fsp3) is 0.125. The lowest BCUT2D eigenvalue weighted by Gasteiger charge is -2.11. The Hall–Kier alpha value is -3.93. The molecule has 0 unspecified atom stereocenters. The van der Waals surface area contributed by atoms with Crippen molar-refractivity contribution in [2.45, 2.75) is 13.8 Å². The van der Waals surface area contributed by atoms with Gasteiger partial charge in [0.15, 0.2) is 5.76 Å². The summed E-state index contributed by atoms with van der Waals surface area (Å²) in [6.07, 6.45) is 1.57. The first-order valence-electron chi connectivity index (χ1n) is 9.67. The molecule has 0 aliphatic carbocycles. The summed E-state index contributed by atoms with van der Waals surface area (Å²) in [5, 5.41) is 6.50. The normalized spacial score (nSPS) is 10.9. The molecule has 0 aliphatic rings. The minimum atomic E-state index is -0.250. The predicted molar refractivity (Wildman–Crippen MR) is 117 cm³/mol. The summed E-state index contributed by atoms with van der Waals surface area (Å²) in [5.74, 6) is 0.189. The van der Waals surface area contributed by atoms with Crippen LogP contribution in [0, 0.1) is 5.92 Å². The predicted octanol–water partition coefficient (Wildman–Crippen LogP) is 5.34. The molecule has 6 heteroatoms. The van der Waals surface area contributed by atoms with Crippen LogP contribution in [0.3, 0.4) is 0 Å². The first-order chi connectivity index (χ1) is 14.5. The molecule has 2 aromatic heterocycles. The van der Waals surface area contributed by atoms with Gasteiger partial charge in [0.25, 0.3) is 5.91 Å². The number of nitrogens with zero attached hydrogens (tertiary/aromatic N) is 1. The van der Waals surface area contributed by atoms with E-state index in [1.54, 1.807) is 42.7 Å². The topological polar surface area (TPSA) is 84.2 Å². The van der Waals surface area contributed by atoms with Gasteiger partial charge in [-0.3, -0.25) is 9.59 Å². The van der Waals surface area contributed by atoms with E-state index >= 15 is 0 Å². The molecule has 2 N–H and O–H groups in total. The molecular formula is C24H21N3O3. The summed E-state index contributed by atoms with van der Waals surface area (Å²) in [7, 11) is 0. The number of aromatic nitrogens is 1.